The Kier molecular flexibility index (Phi) is 9.80. The number of rotatable bonds is 9. The molecule has 3 aliphatic rings. The number of hydrogen-bond acceptors (Lipinski definition) is 7. The van der Waals surface area contributed by atoms with E-state index in [0.717, 1.165) is 50.8 Å². The molecule has 0 bridgehead atoms. The number of benzene rings is 3. The van der Waals surface area contributed by atoms with Crippen LogP contribution in [0.5, 0.6) is 5.88 Å². The molecule has 1 amide bonds. The fraction of sp³-hybridized carbons (Fsp3) is 0.268. The molecule has 3 aliphatic heterocycles. The number of nitrogens with zero attached hydrogens (tertiary/aromatic N) is 3. The van der Waals surface area contributed by atoms with Crippen LogP contribution < -0.4 is 10.1 Å². The van der Waals surface area contributed by atoms with Crippen LogP contribution in [0.1, 0.15) is 58.5 Å². The number of fused-ring (bicyclic) bond motifs is 2. The third-order valence-corrected chi connectivity index (χ3v) is 12.4. The Labute approximate surface area is 319 Å². The van der Waals surface area contributed by atoms with E-state index in [4.69, 9.17) is 27.9 Å². The van der Waals surface area contributed by atoms with Crippen molar-refractivity contribution in [3.05, 3.63) is 135 Å². The minimum Gasteiger partial charge on any atom is -0.476 e. The van der Waals surface area contributed by atoms with Crippen LogP contribution in [-0.2, 0) is 9.84 Å². The highest BCUT2D eigenvalue weighted by molar-refractivity contribution is 7.91. The number of aromatic amines is 1. The number of nitrogens with one attached hydrogen (secondary N) is 2. The van der Waals surface area contributed by atoms with Crippen LogP contribution >= 0.6 is 23.2 Å². The maximum atomic E-state index is 14.6. The maximum Gasteiger partial charge on any atom is 0.272 e. The first kappa shape index (κ1) is 35.4. The molecule has 12 heteroatoms. The second-order valence-electron chi connectivity index (χ2n) is 13.8. The largest absolute Gasteiger partial charge is 0.476 e. The first-order chi connectivity index (χ1) is 25.7. The van der Waals surface area contributed by atoms with Gasteiger partial charge in [0.2, 0.25) is 5.88 Å². The van der Waals surface area contributed by atoms with Gasteiger partial charge >= 0.3 is 0 Å². The molecule has 0 aliphatic carbocycles. The molecule has 272 valence electrons. The first-order valence-corrected chi connectivity index (χ1v) is 20.4. The van der Waals surface area contributed by atoms with Crippen LogP contribution in [0.3, 0.4) is 0 Å². The highest BCUT2D eigenvalue weighted by Gasteiger charge is 2.39. The summed E-state index contributed by atoms with van der Waals surface area (Å²) in [5.41, 5.74) is 7.63. The van der Waals surface area contributed by atoms with Gasteiger partial charge in [0, 0.05) is 58.5 Å². The Balaban J connectivity index is 1.19. The molecule has 3 aromatic carbocycles. The smallest absolute Gasteiger partial charge is 0.272 e. The third-order valence-electron chi connectivity index (χ3n) is 10.3. The monoisotopic (exact) mass is 767 g/mol. The number of ether oxygens (including phenoxy) is 1. The van der Waals surface area contributed by atoms with E-state index in [-0.39, 0.29) is 29.4 Å². The van der Waals surface area contributed by atoms with Gasteiger partial charge < -0.3 is 24.8 Å². The third kappa shape index (κ3) is 7.09. The number of sulfone groups is 1. The Bertz CT molecular complexity index is 2350. The number of hydrogen-bond donors (Lipinski definition) is 2. The Morgan fingerprint density at radius 1 is 1.00 bits per heavy atom. The molecule has 2 atom stereocenters. The minimum absolute atomic E-state index is 0.141. The van der Waals surface area contributed by atoms with E-state index in [1.54, 1.807) is 18.3 Å². The lowest BCUT2D eigenvalue weighted by Crippen LogP contribution is -2.40. The van der Waals surface area contributed by atoms with Crippen LogP contribution in [0, 0.1) is 5.92 Å². The van der Waals surface area contributed by atoms with Gasteiger partial charge in [-0.25, -0.2) is 13.4 Å². The molecule has 5 aromatic rings. The topological polar surface area (TPSA) is 108 Å². The van der Waals surface area contributed by atoms with Crippen molar-refractivity contribution in [2.75, 3.05) is 43.1 Å². The molecule has 5 heterocycles. The molecular formula is C41H39Cl2N5O4S. The number of aromatic nitrogens is 2. The van der Waals surface area contributed by atoms with Crippen LogP contribution in [0.4, 0.5) is 5.69 Å². The van der Waals surface area contributed by atoms with Crippen molar-refractivity contribution in [1.82, 2.24) is 19.8 Å². The summed E-state index contributed by atoms with van der Waals surface area (Å²) >= 11 is 13.2. The number of allylic oxidation sites excluding steroid dienone is 2. The summed E-state index contributed by atoms with van der Waals surface area (Å²) in [6.45, 7) is 4.37. The highest BCUT2D eigenvalue weighted by atomic mass is 35.5. The van der Waals surface area contributed by atoms with Gasteiger partial charge in [-0.15, -0.1) is 0 Å². The van der Waals surface area contributed by atoms with E-state index in [2.05, 4.69) is 56.4 Å². The van der Waals surface area contributed by atoms with Crippen molar-refractivity contribution in [1.29, 1.82) is 0 Å². The normalized spacial score (nSPS) is 19.6. The summed E-state index contributed by atoms with van der Waals surface area (Å²) in [5.74, 6) is 0.492. The Morgan fingerprint density at radius 3 is 2.55 bits per heavy atom. The number of carbonyl (C=O) groups is 1. The number of amides is 1. The van der Waals surface area contributed by atoms with E-state index in [1.165, 1.54) is 0 Å². The molecule has 8 rings (SSSR count). The zero-order valence-electron chi connectivity index (χ0n) is 29.2. The van der Waals surface area contributed by atoms with Gasteiger partial charge in [0.1, 0.15) is 11.4 Å². The summed E-state index contributed by atoms with van der Waals surface area (Å²) < 4.78 is 29.7. The summed E-state index contributed by atoms with van der Waals surface area (Å²) in [4.78, 5) is 27.0. The second kappa shape index (κ2) is 14.7. The van der Waals surface area contributed by atoms with Crippen molar-refractivity contribution in [2.45, 2.75) is 25.8 Å². The number of H-pyrrole nitrogens is 1. The first-order valence-electron chi connectivity index (χ1n) is 17.8. The quantitative estimate of drug-likeness (QED) is 0.145. The number of pyridine rings is 1. The van der Waals surface area contributed by atoms with Gasteiger partial charge in [-0.1, -0.05) is 78.7 Å². The summed E-state index contributed by atoms with van der Waals surface area (Å²) in [6.07, 6.45) is 7.48. The minimum atomic E-state index is -2.94. The van der Waals surface area contributed by atoms with E-state index in [1.807, 2.05) is 54.6 Å². The Hall–Kier alpha value is -4.61. The van der Waals surface area contributed by atoms with Crippen molar-refractivity contribution in [2.24, 2.45) is 5.92 Å². The molecule has 0 saturated carbocycles. The van der Waals surface area contributed by atoms with Gasteiger partial charge in [0.25, 0.3) is 5.91 Å². The lowest BCUT2D eigenvalue weighted by atomic mass is 9.82. The van der Waals surface area contributed by atoms with E-state index in [0.29, 0.717) is 60.0 Å². The summed E-state index contributed by atoms with van der Waals surface area (Å²) in [7, 11) is -2.94. The van der Waals surface area contributed by atoms with Crippen LogP contribution in [0.2, 0.25) is 10.0 Å². The molecule has 9 nitrogen and oxygen atoms in total. The van der Waals surface area contributed by atoms with E-state index in [9.17, 15) is 13.2 Å². The number of halogens is 2. The van der Waals surface area contributed by atoms with Crippen LogP contribution in [0.15, 0.2) is 97.3 Å². The molecule has 2 N–H and O–H groups in total. The predicted octanol–water partition coefficient (Wildman–Crippen LogP) is 8.45. The molecule has 0 radical (unpaired) electrons. The van der Waals surface area contributed by atoms with E-state index < -0.39 is 9.84 Å². The molecule has 1 saturated heterocycles. The second-order valence-corrected chi connectivity index (χ2v) is 17.0. The van der Waals surface area contributed by atoms with Gasteiger partial charge in [0.15, 0.2) is 9.84 Å². The van der Waals surface area contributed by atoms with E-state index >= 15 is 0 Å². The van der Waals surface area contributed by atoms with Crippen molar-refractivity contribution < 1.29 is 17.9 Å². The van der Waals surface area contributed by atoms with Gasteiger partial charge in [-0.3, -0.25) is 4.79 Å². The fourth-order valence-corrected chi connectivity index (χ4v) is 9.39. The number of carbonyl (C=O) groups excluding carboxylic acids is 1. The van der Waals surface area contributed by atoms with Gasteiger partial charge in [-0.05, 0) is 77.4 Å². The van der Waals surface area contributed by atoms with Crippen molar-refractivity contribution in [3.63, 3.8) is 0 Å². The lowest BCUT2D eigenvalue weighted by Gasteiger charge is -2.39. The molecular weight excluding hydrogens is 729 g/mol. The van der Waals surface area contributed by atoms with Crippen LogP contribution in [0.25, 0.3) is 22.2 Å². The number of anilines is 1. The Morgan fingerprint density at radius 2 is 1.77 bits per heavy atom. The lowest BCUT2D eigenvalue weighted by molar-refractivity contribution is 0.102. The average molecular weight is 769 g/mol. The SMILES string of the molecule is CC1CC=CN2C(=C1c1ccccc1)c1c(C(=O)Nc3cccnc3OCCCN3CCS(=O)(=O)CC3)[nH]c3cc(Cl)cc(c13)C2c1ccc(Cl)cc1. The predicted molar refractivity (Wildman–Crippen MR) is 212 cm³/mol. The average Bonchev–Trinajstić information content (AvgIpc) is 3.44. The molecule has 1 fully saturated rings. The maximum absolute atomic E-state index is 14.6. The molecule has 2 unspecified atom stereocenters. The van der Waals surface area contributed by atoms with Crippen LogP contribution in [-0.4, -0.2) is 71.8 Å². The van der Waals surface area contributed by atoms with Crippen molar-refractivity contribution >= 4 is 66.8 Å². The summed E-state index contributed by atoms with van der Waals surface area (Å²) in [6, 6.07) is 25.5. The molecule has 0 spiro atoms. The van der Waals surface area contributed by atoms with Crippen molar-refractivity contribution in [3.8, 4) is 5.88 Å². The zero-order chi connectivity index (χ0) is 36.7. The van der Waals surface area contributed by atoms with Gasteiger partial charge in [0.05, 0.1) is 29.9 Å². The molecule has 2 aromatic heterocycles. The summed E-state index contributed by atoms with van der Waals surface area (Å²) in [5, 5.41) is 5.26. The fourth-order valence-electron chi connectivity index (χ4n) is 7.76. The standard InChI is InChI=1S/C41H39Cl2N5O4S/c1-26-8-6-18-48-38(28-12-14-29(42)15-13-28)31-24-30(43)25-33-35(31)36(39(48)34(26)27-9-3-2-4-10-27)37(45-33)40(49)46-32-11-5-16-44-41(32)52-21-7-17-47-19-22-53(50,51)23-20-47/h2-6,9-16,18,24-26,38,45H,7-8,17,19-23H2,1H3,(H,46,49). The van der Waals surface area contributed by atoms with Gasteiger partial charge in [-0.2, -0.15) is 0 Å². The zero-order valence-corrected chi connectivity index (χ0v) is 31.5. The molecule has 53 heavy (non-hydrogen) atoms. The highest BCUT2D eigenvalue weighted by Crippen LogP contribution is 2.53.